The molecular formula is C9H15N3O. The van der Waals surface area contributed by atoms with Crippen molar-refractivity contribution >= 4 is 0 Å². The van der Waals surface area contributed by atoms with Crippen LogP contribution in [0.25, 0.3) is 0 Å². The monoisotopic (exact) mass is 181 g/mol. The maximum absolute atomic E-state index is 5.43. The first-order valence-electron chi connectivity index (χ1n) is 4.71. The van der Waals surface area contributed by atoms with Crippen molar-refractivity contribution in [2.45, 2.75) is 45.2 Å². The second-order valence-electron chi connectivity index (χ2n) is 4.01. The van der Waals surface area contributed by atoms with Gasteiger partial charge in [-0.2, -0.15) is 0 Å². The Balaban J connectivity index is 2.16. The zero-order valence-corrected chi connectivity index (χ0v) is 8.29. The molecule has 4 heteroatoms. The van der Waals surface area contributed by atoms with Crippen LogP contribution in [0.5, 0.6) is 0 Å². The fraction of sp³-hybridized carbons (Fsp3) is 0.778. The van der Waals surface area contributed by atoms with Crippen LogP contribution in [-0.2, 0) is 5.54 Å². The van der Waals surface area contributed by atoms with Crippen LogP contribution < -0.4 is 5.32 Å². The van der Waals surface area contributed by atoms with Crippen LogP contribution in [0.2, 0.25) is 0 Å². The standard InChI is InChI=1S/C9H15N3O/c1-6(2)10-9(4-5-9)8-12-11-7(3)13-8/h6,10H,4-5H2,1-3H3. The van der Waals surface area contributed by atoms with E-state index in [1.165, 1.54) is 0 Å². The largest absolute Gasteiger partial charge is 0.424 e. The molecule has 1 fully saturated rings. The van der Waals surface area contributed by atoms with Crippen molar-refractivity contribution in [3.8, 4) is 0 Å². The van der Waals surface area contributed by atoms with Crippen LogP contribution in [0.15, 0.2) is 4.42 Å². The average Bonchev–Trinajstić information content (AvgIpc) is 2.65. The van der Waals surface area contributed by atoms with Gasteiger partial charge in [0.15, 0.2) is 0 Å². The summed E-state index contributed by atoms with van der Waals surface area (Å²) in [6, 6.07) is 0.453. The summed E-state index contributed by atoms with van der Waals surface area (Å²) in [4.78, 5) is 0. The molecule has 0 amide bonds. The van der Waals surface area contributed by atoms with Crippen LogP contribution in [0.1, 0.15) is 38.5 Å². The molecule has 1 aromatic heterocycles. The highest BCUT2D eigenvalue weighted by molar-refractivity contribution is 5.13. The van der Waals surface area contributed by atoms with E-state index in [0.717, 1.165) is 18.7 Å². The first kappa shape index (κ1) is 8.69. The molecular weight excluding hydrogens is 166 g/mol. The molecule has 0 aliphatic heterocycles. The van der Waals surface area contributed by atoms with Gasteiger partial charge in [0.1, 0.15) is 0 Å². The molecule has 0 unspecified atom stereocenters. The predicted octanol–water partition coefficient (Wildman–Crippen LogP) is 1.37. The van der Waals surface area contributed by atoms with Gasteiger partial charge in [0, 0.05) is 13.0 Å². The van der Waals surface area contributed by atoms with Gasteiger partial charge in [-0.15, -0.1) is 10.2 Å². The number of aryl methyl sites for hydroxylation is 1. The molecule has 0 bridgehead atoms. The van der Waals surface area contributed by atoms with Gasteiger partial charge < -0.3 is 9.73 Å². The quantitative estimate of drug-likeness (QED) is 0.765. The Morgan fingerprint density at radius 1 is 1.38 bits per heavy atom. The Bertz CT molecular complexity index is 302. The number of hydrogen-bond acceptors (Lipinski definition) is 4. The molecule has 1 aliphatic carbocycles. The summed E-state index contributed by atoms with van der Waals surface area (Å²) in [5.74, 6) is 1.39. The van der Waals surface area contributed by atoms with Gasteiger partial charge >= 0.3 is 0 Å². The first-order valence-corrected chi connectivity index (χ1v) is 4.71. The van der Waals surface area contributed by atoms with E-state index in [1.807, 2.05) is 6.92 Å². The normalized spacial score (nSPS) is 19.4. The van der Waals surface area contributed by atoms with Gasteiger partial charge in [0.25, 0.3) is 0 Å². The molecule has 1 N–H and O–H groups in total. The maximum atomic E-state index is 5.43. The van der Waals surface area contributed by atoms with Gasteiger partial charge in [0.05, 0.1) is 5.54 Å². The van der Waals surface area contributed by atoms with Gasteiger partial charge in [-0.05, 0) is 26.7 Å². The van der Waals surface area contributed by atoms with E-state index in [2.05, 4.69) is 29.4 Å². The third kappa shape index (κ3) is 1.58. The Morgan fingerprint density at radius 2 is 2.08 bits per heavy atom. The molecule has 2 rings (SSSR count). The second kappa shape index (κ2) is 2.80. The predicted molar refractivity (Wildman–Crippen MR) is 48.2 cm³/mol. The van der Waals surface area contributed by atoms with E-state index in [4.69, 9.17) is 4.42 Å². The summed E-state index contributed by atoms with van der Waals surface area (Å²) in [5, 5.41) is 11.4. The third-order valence-electron chi connectivity index (χ3n) is 2.25. The molecule has 0 saturated heterocycles. The topological polar surface area (TPSA) is 51.0 Å². The van der Waals surface area contributed by atoms with Crippen molar-refractivity contribution in [1.29, 1.82) is 0 Å². The van der Waals surface area contributed by atoms with Crippen molar-refractivity contribution in [3.05, 3.63) is 11.8 Å². The van der Waals surface area contributed by atoms with Crippen molar-refractivity contribution in [3.63, 3.8) is 0 Å². The molecule has 0 spiro atoms. The number of nitrogens with one attached hydrogen (secondary N) is 1. The zero-order chi connectivity index (χ0) is 9.47. The number of hydrogen-bond donors (Lipinski definition) is 1. The van der Waals surface area contributed by atoms with Crippen LogP contribution in [0, 0.1) is 6.92 Å². The lowest BCUT2D eigenvalue weighted by Crippen LogP contribution is -2.34. The minimum atomic E-state index is -0.00454. The Labute approximate surface area is 77.7 Å². The van der Waals surface area contributed by atoms with Crippen molar-refractivity contribution < 1.29 is 4.42 Å². The van der Waals surface area contributed by atoms with Gasteiger partial charge in [0.2, 0.25) is 11.8 Å². The average molecular weight is 181 g/mol. The lowest BCUT2D eigenvalue weighted by molar-refractivity contribution is 0.351. The fourth-order valence-corrected chi connectivity index (χ4v) is 1.59. The van der Waals surface area contributed by atoms with Crippen LogP contribution >= 0.6 is 0 Å². The summed E-state index contributed by atoms with van der Waals surface area (Å²) >= 11 is 0. The minimum absolute atomic E-state index is 0.00454. The number of nitrogens with zero attached hydrogens (tertiary/aromatic N) is 2. The van der Waals surface area contributed by atoms with Crippen LogP contribution in [-0.4, -0.2) is 16.2 Å². The van der Waals surface area contributed by atoms with Gasteiger partial charge in [-0.25, -0.2) is 0 Å². The molecule has 1 heterocycles. The highest BCUT2D eigenvalue weighted by atomic mass is 16.4. The molecule has 1 aliphatic rings. The second-order valence-corrected chi connectivity index (χ2v) is 4.01. The molecule has 0 radical (unpaired) electrons. The third-order valence-corrected chi connectivity index (χ3v) is 2.25. The molecule has 4 nitrogen and oxygen atoms in total. The van der Waals surface area contributed by atoms with E-state index >= 15 is 0 Å². The van der Waals surface area contributed by atoms with Gasteiger partial charge in [-0.1, -0.05) is 0 Å². The molecule has 72 valence electrons. The summed E-state index contributed by atoms with van der Waals surface area (Å²) in [6.45, 7) is 6.08. The Hall–Kier alpha value is -0.900. The van der Waals surface area contributed by atoms with Crippen molar-refractivity contribution in [2.75, 3.05) is 0 Å². The summed E-state index contributed by atoms with van der Waals surface area (Å²) < 4.78 is 5.43. The fourth-order valence-electron chi connectivity index (χ4n) is 1.59. The van der Waals surface area contributed by atoms with Crippen LogP contribution in [0.4, 0.5) is 0 Å². The Kier molecular flexibility index (Phi) is 1.87. The van der Waals surface area contributed by atoms with E-state index < -0.39 is 0 Å². The molecule has 13 heavy (non-hydrogen) atoms. The lowest BCUT2D eigenvalue weighted by atomic mass is 10.2. The summed E-state index contributed by atoms with van der Waals surface area (Å²) in [7, 11) is 0. The van der Waals surface area contributed by atoms with E-state index in [-0.39, 0.29) is 5.54 Å². The number of aromatic nitrogens is 2. The van der Waals surface area contributed by atoms with Crippen molar-refractivity contribution in [1.82, 2.24) is 15.5 Å². The van der Waals surface area contributed by atoms with E-state index in [0.29, 0.717) is 11.9 Å². The van der Waals surface area contributed by atoms with E-state index in [9.17, 15) is 0 Å². The molecule has 1 aromatic rings. The molecule has 0 aromatic carbocycles. The molecule has 1 saturated carbocycles. The van der Waals surface area contributed by atoms with Crippen LogP contribution in [0.3, 0.4) is 0 Å². The van der Waals surface area contributed by atoms with Gasteiger partial charge in [-0.3, -0.25) is 0 Å². The zero-order valence-electron chi connectivity index (χ0n) is 8.29. The highest BCUT2D eigenvalue weighted by Crippen LogP contribution is 2.44. The highest BCUT2D eigenvalue weighted by Gasteiger charge is 2.49. The smallest absolute Gasteiger partial charge is 0.236 e. The van der Waals surface area contributed by atoms with E-state index in [1.54, 1.807) is 0 Å². The SMILES string of the molecule is Cc1nnc(C2(NC(C)C)CC2)o1. The lowest BCUT2D eigenvalue weighted by Gasteiger charge is -2.15. The summed E-state index contributed by atoms with van der Waals surface area (Å²) in [5.41, 5.74) is -0.00454. The summed E-state index contributed by atoms with van der Waals surface area (Å²) in [6.07, 6.45) is 2.21. The minimum Gasteiger partial charge on any atom is -0.424 e. The van der Waals surface area contributed by atoms with Crippen molar-refractivity contribution in [2.24, 2.45) is 0 Å². The first-order chi connectivity index (χ1) is 6.12. The number of rotatable bonds is 3. The molecule has 0 atom stereocenters. The maximum Gasteiger partial charge on any atom is 0.236 e. The Morgan fingerprint density at radius 3 is 2.46 bits per heavy atom.